The Morgan fingerprint density at radius 3 is 2.53 bits per heavy atom. The maximum Gasteiger partial charge on any atom is 0.333 e. The van der Waals surface area contributed by atoms with Crippen molar-refractivity contribution in [1.82, 2.24) is 35.1 Å². The molecular weight excluding hydrogens is 933 g/mol. The number of hydrogen-bond donors (Lipinski definition) is 5. The van der Waals surface area contributed by atoms with E-state index in [-0.39, 0.29) is 55.8 Å². The average molecular weight is 999 g/mol. The fourth-order valence-corrected chi connectivity index (χ4v) is 12.8. The van der Waals surface area contributed by atoms with Crippen LogP contribution in [0.4, 0.5) is 9.93 Å². The number of aromatic nitrogens is 2. The lowest BCUT2D eigenvalue weighted by Gasteiger charge is -2.37. The number of carboxylic acid groups (broad SMARTS) is 1. The minimum atomic E-state index is -3.82. The normalized spacial score (nSPS) is 24.4. The largest absolute Gasteiger partial charge is 0.497 e. The van der Waals surface area contributed by atoms with Crippen molar-refractivity contribution in [2.45, 2.75) is 145 Å². The lowest BCUT2D eigenvalue weighted by molar-refractivity contribution is -0.147. The van der Waals surface area contributed by atoms with Crippen molar-refractivity contribution in [3.8, 4) is 22.9 Å². The summed E-state index contributed by atoms with van der Waals surface area (Å²) in [6, 6.07) is 11.1. The highest BCUT2D eigenvalue weighted by Gasteiger charge is 2.47. The van der Waals surface area contributed by atoms with Crippen molar-refractivity contribution in [1.29, 1.82) is 0 Å². The Hall–Kier alpha value is -5.79. The summed E-state index contributed by atoms with van der Waals surface area (Å²) in [6.07, 6.45) is 10.6. The lowest BCUT2D eigenvalue weighted by Crippen LogP contribution is -2.60. The molecule has 4 aliphatic rings. The molecule has 8 rings (SSSR count). The molecule has 5 heterocycles. The van der Waals surface area contributed by atoms with Crippen molar-refractivity contribution >= 4 is 61.2 Å². The highest BCUT2D eigenvalue weighted by Crippen LogP contribution is 2.37. The average Bonchev–Trinajstić information content (AvgIpc) is 4.00. The molecule has 1 aliphatic carbocycles. The number of nitrogens with one attached hydrogen (secondary N) is 4. The molecule has 2 fully saturated rings. The molecule has 0 radical (unpaired) electrons. The molecule has 3 aliphatic heterocycles. The summed E-state index contributed by atoms with van der Waals surface area (Å²) < 4.78 is 41.7. The number of fused-ring (bicyclic) bond motifs is 3. The molecule has 4 aromatic rings. The number of pyridine rings is 1. The van der Waals surface area contributed by atoms with Crippen molar-refractivity contribution in [2.24, 2.45) is 5.92 Å². The van der Waals surface area contributed by atoms with Crippen LogP contribution in [0.2, 0.25) is 0 Å². The van der Waals surface area contributed by atoms with Crippen molar-refractivity contribution in [2.75, 3.05) is 32.1 Å². The number of nitrogens with zero attached hydrogens (tertiary/aromatic N) is 4. The fraction of sp³-hybridized carbons (Fsp3) is 0.529. The van der Waals surface area contributed by atoms with Gasteiger partial charge in [-0.05, 0) is 88.5 Å². The minimum absolute atomic E-state index is 0.0191. The molecule has 5 N–H and O–H groups in total. The molecule has 5 atom stereocenters. The summed E-state index contributed by atoms with van der Waals surface area (Å²) in [5.41, 5.74) is 0.792. The van der Waals surface area contributed by atoms with Gasteiger partial charge in [-0.1, -0.05) is 69.4 Å². The first-order valence-electron chi connectivity index (χ1n) is 24.7. The van der Waals surface area contributed by atoms with Gasteiger partial charge in [0.25, 0.3) is 0 Å². The molecule has 2 aromatic carbocycles. The van der Waals surface area contributed by atoms with E-state index in [2.05, 4.69) is 21.3 Å². The number of allylic oxidation sites excluding steroid dienone is 1. The first-order valence-corrected chi connectivity index (χ1v) is 27.1. The number of benzene rings is 2. The van der Waals surface area contributed by atoms with Gasteiger partial charge in [-0.3, -0.25) is 9.59 Å². The molecule has 1 unspecified atom stereocenters. The molecule has 0 bridgehead atoms. The third kappa shape index (κ3) is 11.4. The van der Waals surface area contributed by atoms with Crippen LogP contribution in [-0.4, -0.2) is 119 Å². The highest BCUT2D eigenvalue weighted by molar-refractivity contribution is 7.89. The third-order valence-electron chi connectivity index (χ3n) is 14.1. The summed E-state index contributed by atoms with van der Waals surface area (Å²) >= 11 is 1.45. The Morgan fingerprint density at radius 2 is 1.77 bits per heavy atom. The number of hydrogen-bond acceptors (Lipinski definition) is 12. The van der Waals surface area contributed by atoms with Gasteiger partial charge in [0.2, 0.25) is 21.8 Å². The van der Waals surface area contributed by atoms with E-state index in [1.54, 1.807) is 56.5 Å². The zero-order chi connectivity index (χ0) is 49.6. The number of urea groups is 1. The Bertz CT molecular complexity index is 2690. The Morgan fingerprint density at radius 1 is 1.00 bits per heavy atom. The molecule has 1 saturated heterocycles. The minimum Gasteiger partial charge on any atom is -0.497 e. The number of amides is 4. The molecule has 2 aromatic heterocycles. The number of rotatable bonds is 13. The smallest absolute Gasteiger partial charge is 0.333 e. The van der Waals surface area contributed by atoms with Gasteiger partial charge >= 0.3 is 12.0 Å². The van der Waals surface area contributed by atoms with Crippen molar-refractivity contribution in [3.63, 3.8) is 0 Å². The number of thiazole rings is 1. The summed E-state index contributed by atoms with van der Waals surface area (Å²) in [5.74, 6) is -1.33. The molecule has 376 valence electrons. The predicted molar refractivity (Wildman–Crippen MR) is 268 cm³/mol. The van der Waals surface area contributed by atoms with E-state index >= 15 is 4.79 Å². The van der Waals surface area contributed by atoms with Crippen molar-refractivity contribution in [3.05, 3.63) is 71.6 Å². The second-order valence-corrected chi connectivity index (χ2v) is 22.0. The fourth-order valence-electron chi connectivity index (χ4n) is 10.2. The molecule has 70 heavy (non-hydrogen) atoms. The Kier molecular flexibility index (Phi) is 16.0. The van der Waals surface area contributed by atoms with Gasteiger partial charge in [0.1, 0.15) is 35.4 Å². The summed E-state index contributed by atoms with van der Waals surface area (Å²) in [5, 5.41) is 26.1. The van der Waals surface area contributed by atoms with Crippen LogP contribution < -0.4 is 30.7 Å². The zero-order valence-corrected chi connectivity index (χ0v) is 42.1. The van der Waals surface area contributed by atoms with Gasteiger partial charge in [-0.15, -0.1) is 11.3 Å². The number of anilines is 1. The maximum absolute atomic E-state index is 15.1. The topological polar surface area (TPSA) is 221 Å². The molecule has 19 heteroatoms. The van der Waals surface area contributed by atoms with Crippen LogP contribution in [0.25, 0.3) is 22.3 Å². The predicted octanol–water partition coefficient (Wildman–Crippen LogP) is 7.27. The van der Waals surface area contributed by atoms with E-state index in [1.165, 1.54) is 20.5 Å². The number of carboxylic acids is 1. The molecule has 1 saturated carbocycles. The zero-order valence-electron chi connectivity index (χ0n) is 40.4. The first-order chi connectivity index (χ1) is 33.7. The van der Waals surface area contributed by atoms with Crippen LogP contribution >= 0.6 is 11.3 Å². The summed E-state index contributed by atoms with van der Waals surface area (Å²) in [6.45, 7) is 6.08. The lowest BCUT2D eigenvalue weighted by atomic mass is 9.84. The van der Waals surface area contributed by atoms with E-state index in [9.17, 15) is 27.9 Å². The number of carbonyl (C=O) groups is 4. The van der Waals surface area contributed by atoms with Gasteiger partial charge in [0.05, 0.1) is 29.8 Å². The van der Waals surface area contributed by atoms with E-state index in [1.807, 2.05) is 37.4 Å². The summed E-state index contributed by atoms with van der Waals surface area (Å²) in [4.78, 5) is 68.4. The maximum atomic E-state index is 15.1. The standard InChI is InChI=1S/C51H66N8O9S2/c1-5-51(48(62)63)24-15-8-6-7-12-19-38(54-49(64)55-41(33-16-10-9-11-17-33)30-58-25-23-34-18-13-14-20-45(34)70(58,65)66)47(61)59-29-36(27-43(59)46(60)57-51)68-44-28-40(42-31-69-50(56-42)52-32(2)3)53-39-26-35(67-4)21-22-37(39)44/h13-15,18,20-22,24,26,28,31-33,36,38,41,43H,5-12,16-17,19,23,25,27,29-30H2,1-4H3,(H,52,56)(H,57,60)(H,62,63)(H2,54,55,64)/b24-15-/t36-,38+,41?,43+,51-/m1/s1. The SMILES string of the molecule is CC[C@]1(C(=O)O)/C=C\CCCCC[C@H](NC(=O)NC(CN2CCc3ccccc3S2(=O)=O)C2CCCCC2)C(=O)N2C[C@H](Oc3cc(-c4csc(NC(C)C)n4)nc4cc(OC)ccc34)C[C@H]2C(=O)N1. The second-order valence-electron chi connectivity index (χ2n) is 19.3. The van der Waals surface area contributed by atoms with Crippen LogP contribution in [-0.2, 0) is 30.8 Å². The monoisotopic (exact) mass is 998 g/mol. The quantitative estimate of drug-likeness (QED) is 0.0835. The van der Waals surface area contributed by atoms with E-state index in [0.29, 0.717) is 65.9 Å². The van der Waals surface area contributed by atoms with E-state index < -0.39 is 63.6 Å². The van der Waals surface area contributed by atoms with Crippen molar-refractivity contribution < 1.29 is 42.2 Å². The summed E-state index contributed by atoms with van der Waals surface area (Å²) in [7, 11) is -2.24. The second kappa shape index (κ2) is 22.1. The van der Waals surface area contributed by atoms with Crippen LogP contribution in [0.1, 0.15) is 103 Å². The molecule has 17 nitrogen and oxygen atoms in total. The number of sulfonamides is 1. The van der Waals surface area contributed by atoms with E-state index in [0.717, 1.165) is 42.8 Å². The number of ether oxygens (including phenoxy) is 2. The van der Waals surface area contributed by atoms with Crippen LogP contribution in [0.3, 0.4) is 0 Å². The van der Waals surface area contributed by atoms with Gasteiger partial charge in [-0.2, -0.15) is 4.31 Å². The molecular formula is C51H66N8O9S2. The van der Waals surface area contributed by atoms with Gasteiger partial charge in [0, 0.05) is 54.5 Å². The Balaban J connectivity index is 1.09. The van der Waals surface area contributed by atoms with Crippen LogP contribution in [0, 0.1) is 5.92 Å². The first kappa shape index (κ1) is 50.6. The van der Waals surface area contributed by atoms with Gasteiger partial charge < -0.3 is 40.7 Å². The number of carbonyl (C=O) groups excluding carboxylic acids is 3. The van der Waals surface area contributed by atoms with E-state index in [4.69, 9.17) is 19.4 Å². The number of methoxy groups -OCH3 is 1. The van der Waals surface area contributed by atoms with Gasteiger partial charge in [-0.25, -0.2) is 28.0 Å². The molecule has 4 amide bonds. The Labute approximate surface area is 414 Å². The van der Waals surface area contributed by atoms with Crippen LogP contribution in [0.5, 0.6) is 11.5 Å². The number of aliphatic carboxylic acids is 1. The van der Waals surface area contributed by atoms with Crippen LogP contribution in [0.15, 0.2) is 71.0 Å². The molecule has 0 spiro atoms. The third-order valence-corrected chi connectivity index (χ3v) is 16.9. The van der Waals surface area contributed by atoms with Gasteiger partial charge in [0.15, 0.2) is 10.7 Å². The highest BCUT2D eigenvalue weighted by atomic mass is 32.2.